The van der Waals surface area contributed by atoms with E-state index < -0.39 is 0 Å². The van der Waals surface area contributed by atoms with Gasteiger partial charge in [-0.25, -0.2) is 0 Å². The Morgan fingerprint density at radius 1 is 1.00 bits per heavy atom. The molecule has 0 saturated carbocycles. The van der Waals surface area contributed by atoms with Gasteiger partial charge < -0.3 is 5.73 Å². The van der Waals surface area contributed by atoms with Gasteiger partial charge in [0, 0.05) is 11.1 Å². The standard InChI is InChI=1S/C16H22N2/c1-11-8-12(2)16-13(3)10-14(6-4-5-7-17)18-15(16)9-11/h8-10H,4-7,17H2,1-3H3. The molecule has 0 unspecified atom stereocenters. The Morgan fingerprint density at radius 2 is 1.72 bits per heavy atom. The second kappa shape index (κ2) is 5.49. The quantitative estimate of drug-likeness (QED) is 0.834. The van der Waals surface area contributed by atoms with E-state index >= 15 is 0 Å². The molecular formula is C16H22N2. The first-order valence-corrected chi connectivity index (χ1v) is 6.69. The first-order valence-electron chi connectivity index (χ1n) is 6.69. The van der Waals surface area contributed by atoms with Crippen molar-refractivity contribution in [1.29, 1.82) is 0 Å². The Hall–Kier alpha value is -1.41. The lowest BCUT2D eigenvalue weighted by molar-refractivity contribution is 0.734. The predicted molar refractivity (Wildman–Crippen MR) is 77.9 cm³/mol. The maximum absolute atomic E-state index is 5.53. The SMILES string of the molecule is Cc1cc(C)c2c(C)cc(CCCCN)nc2c1. The molecule has 1 aromatic heterocycles. The third-order valence-electron chi connectivity index (χ3n) is 3.39. The zero-order valence-corrected chi connectivity index (χ0v) is 11.6. The lowest BCUT2D eigenvalue weighted by Gasteiger charge is -2.10. The lowest BCUT2D eigenvalue weighted by atomic mass is 10.0. The fourth-order valence-corrected chi connectivity index (χ4v) is 2.63. The van der Waals surface area contributed by atoms with Crippen molar-refractivity contribution in [2.24, 2.45) is 5.73 Å². The summed E-state index contributed by atoms with van der Waals surface area (Å²) >= 11 is 0. The molecule has 0 atom stereocenters. The monoisotopic (exact) mass is 242 g/mol. The van der Waals surface area contributed by atoms with Crippen LogP contribution in [-0.2, 0) is 6.42 Å². The summed E-state index contributed by atoms with van der Waals surface area (Å²) in [6.45, 7) is 7.24. The highest BCUT2D eigenvalue weighted by atomic mass is 14.7. The molecule has 2 rings (SSSR count). The molecule has 0 saturated heterocycles. The molecule has 2 N–H and O–H groups in total. The van der Waals surface area contributed by atoms with Gasteiger partial charge in [-0.3, -0.25) is 4.98 Å². The smallest absolute Gasteiger partial charge is 0.0713 e. The van der Waals surface area contributed by atoms with Gasteiger partial charge in [0.2, 0.25) is 0 Å². The van der Waals surface area contributed by atoms with Gasteiger partial charge in [0.05, 0.1) is 5.52 Å². The first kappa shape index (κ1) is 13.0. The zero-order chi connectivity index (χ0) is 13.1. The number of unbranched alkanes of at least 4 members (excludes halogenated alkanes) is 1. The van der Waals surface area contributed by atoms with E-state index in [2.05, 4.69) is 39.0 Å². The molecular weight excluding hydrogens is 220 g/mol. The van der Waals surface area contributed by atoms with Gasteiger partial charge in [-0.15, -0.1) is 0 Å². The number of aryl methyl sites for hydroxylation is 4. The fraction of sp³-hybridized carbons (Fsp3) is 0.438. The first-order chi connectivity index (χ1) is 8.61. The summed E-state index contributed by atoms with van der Waals surface area (Å²) in [4.78, 5) is 4.79. The third-order valence-corrected chi connectivity index (χ3v) is 3.39. The molecule has 0 aliphatic rings. The van der Waals surface area contributed by atoms with E-state index in [1.165, 1.54) is 27.8 Å². The van der Waals surface area contributed by atoms with Crippen molar-refractivity contribution in [3.8, 4) is 0 Å². The highest BCUT2D eigenvalue weighted by Gasteiger charge is 2.06. The van der Waals surface area contributed by atoms with E-state index in [4.69, 9.17) is 10.7 Å². The molecule has 0 aliphatic heterocycles. The minimum atomic E-state index is 0.769. The Labute approximate surface area is 109 Å². The van der Waals surface area contributed by atoms with E-state index in [0.29, 0.717) is 0 Å². The van der Waals surface area contributed by atoms with Crippen molar-refractivity contribution in [2.75, 3.05) is 6.54 Å². The van der Waals surface area contributed by atoms with Gasteiger partial charge in [0.15, 0.2) is 0 Å². The number of hydrogen-bond acceptors (Lipinski definition) is 2. The third kappa shape index (κ3) is 2.70. The highest BCUT2D eigenvalue weighted by molar-refractivity contribution is 5.86. The van der Waals surface area contributed by atoms with Crippen LogP contribution in [0.25, 0.3) is 10.9 Å². The van der Waals surface area contributed by atoms with Gasteiger partial charge in [0.25, 0.3) is 0 Å². The second-order valence-corrected chi connectivity index (χ2v) is 5.15. The van der Waals surface area contributed by atoms with Gasteiger partial charge >= 0.3 is 0 Å². The summed E-state index contributed by atoms with van der Waals surface area (Å²) in [5, 5.41) is 1.31. The molecule has 0 radical (unpaired) electrons. The van der Waals surface area contributed by atoms with E-state index in [0.717, 1.165) is 31.3 Å². The van der Waals surface area contributed by atoms with E-state index in [1.54, 1.807) is 0 Å². The van der Waals surface area contributed by atoms with Crippen LogP contribution in [0, 0.1) is 20.8 Å². The van der Waals surface area contributed by atoms with Crippen LogP contribution in [0.1, 0.15) is 35.2 Å². The largest absolute Gasteiger partial charge is 0.330 e. The van der Waals surface area contributed by atoms with Crippen LogP contribution in [0.2, 0.25) is 0 Å². The van der Waals surface area contributed by atoms with Crippen molar-refractivity contribution in [3.63, 3.8) is 0 Å². The van der Waals surface area contributed by atoms with Crippen LogP contribution < -0.4 is 5.73 Å². The van der Waals surface area contributed by atoms with Gasteiger partial charge in [0.1, 0.15) is 0 Å². The minimum absolute atomic E-state index is 0.769. The molecule has 18 heavy (non-hydrogen) atoms. The number of pyridine rings is 1. The molecule has 0 spiro atoms. The Kier molecular flexibility index (Phi) is 3.97. The van der Waals surface area contributed by atoms with Gasteiger partial charge in [-0.05, 0) is 75.4 Å². The summed E-state index contributed by atoms with van der Waals surface area (Å²) in [5.74, 6) is 0. The Bertz CT molecular complexity index is 559. The molecule has 1 heterocycles. The number of hydrogen-bond donors (Lipinski definition) is 1. The fourth-order valence-electron chi connectivity index (χ4n) is 2.63. The van der Waals surface area contributed by atoms with Crippen LogP contribution in [0.4, 0.5) is 0 Å². The molecule has 0 aliphatic carbocycles. The van der Waals surface area contributed by atoms with Gasteiger partial charge in [-0.2, -0.15) is 0 Å². The summed E-state index contributed by atoms with van der Waals surface area (Å²) in [7, 11) is 0. The number of benzene rings is 1. The van der Waals surface area contributed by atoms with Crippen molar-refractivity contribution in [2.45, 2.75) is 40.0 Å². The summed E-state index contributed by atoms with van der Waals surface area (Å²) in [5.41, 5.74) is 11.8. The van der Waals surface area contributed by atoms with Crippen LogP contribution in [0.5, 0.6) is 0 Å². The normalized spacial score (nSPS) is 11.1. The molecule has 1 aromatic carbocycles. The van der Waals surface area contributed by atoms with Crippen molar-refractivity contribution < 1.29 is 0 Å². The molecule has 0 bridgehead atoms. The maximum atomic E-state index is 5.53. The minimum Gasteiger partial charge on any atom is -0.330 e. The molecule has 2 heteroatoms. The lowest BCUT2D eigenvalue weighted by Crippen LogP contribution is -2.00. The number of nitrogens with two attached hydrogens (primary N) is 1. The Balaban J connectivity index is 2.41. The van der Waals surface area contributed by atoms with Crippen molar-refractivity contribution in [3.05, 3.63) is 40.6 Å². The topological polar surface area (TPSA) is 38.9 Å². The molecule has 2 aromatic rings. The average molecular weight is 242 g/mol. The summed E-state index contributed by atoms with van der Waals surface area (Å²) in [6, 6.07) is 6.63. The Morgan fingerprint density at radius 3 is 2.44 bits per heavy atom. The van der Waals surface area contributed by atoms with Crippen LogP contribution >= 0.6 is 0 Å². The number of nitrogens with zero attached hydrogens (tertiary/aromatic N) is 1. The van der Waals surface area contributed by atoms with E-state index in [-0.39, 0.29) is 0 Å². The van der Waals surface area contributed by atoms with Crippen LogP contribution in [0.15, 0.2) is 18.2 Å². The summed E-state index contributed by atoms with van der Waals surface area (Å²) in [6.07, 6.45) is 3.23. The highest BCUT2D eigenvalue weighted by Crippen LogP contribution is 2.23. The van der Waals surface area contributed by atoms with Crippen LogP contribution in [0.3, 0.4) is 0 Å². The van der Waals surface area contributed by atoms with Crippen LogP contribution in [-0.4, -0.2) is 11.5 Å². The molecule has 96 valence electrons. The van der Waals surface area contributed by atoms with Gasteiger partial charge in [-0.1, -0.05) is 6.07 Å². The zero-order valence-electron chi connectivity index (χ0n) is 11.6. The van der Waals surface area contributed by atoms with E-state index in [1.807, 2.05) is 0 Å². The second-order valence-electron chi connectivity index (χ2n) is 5.15. The molecule has 0 fully saturated rings. The predicted octanol–water partition coefficient (Wildman–Crippen LogP) is 3.44. The van der Waals surface area contributed by atoms with E-state index in [9.17, 15) is 0 Å². The number of aromatic nitrogens is 1. The molecule has 2 nitrogen and oxygen atoms in total. The summed E-state index contributed by atoms with van der Waals surface area (Å²) < 4.78 is 0. The van der Waals surface area contributed by atoms with Crippen molar-refractivity contribution in [1.82, 2.24) is 4.98 Å². The van der Waals surface area contributed by atoms with Crippen molar-refractivity contribution >= 4 is 10.9 Å². The average Bonchev–Trinajstić information content (AvgIpc) is 2.27. The number of fused-ring (bicyclic) bond motifs is 1. The number of rotatable bonds is 4. The maximum Gasteiger partial charge on any atom is 0.0713 e. The molecule has 0 amide bonds.